The topological polar surface area (TPSA) is 41.5 Å². The highest BCUT2D eigenvalue weighted by atomic mass is 127. The van der Waals surface area contributed by atoms with Crippen LogP contribution in [0.15, 0.2) is 23.2 Å². The van der Waals surface area contributed by atoms with E-state index in [1.165, 1.54) is 23.9 Å². The number of rotatable bonds is 1. The monoisotopic (exact) mass is 350 g/mol. The van der Waals surface area contributed by atoms with E-state index in [0.29, 0.717) is 10.7 Å². The van der Waals surface area contributed by atoms with E-state index in [4.69, 9.17) is 0 Å². The van der Waals surface area contributed by atoms with Crippen molar-refractivity contribution in [2.24, 2.45) is 4.99 Å². The van der Waals surface area contributed by atoms with Crippen LogP contribution < -0.4 is 5.32 Å². The average molecular weight is 350 g/mol. The Bertz CT molecular complexity index is 464. The van der Waals surface area contributed by atoms with Crippen molar-refractivity contribution < 1.29 is 9.18 Å². The fourth-order valence-corrected chi connectivity index (χ4v) is 2.55. The molecule has 1 amide bonds. The van der Waals surface area contributed by atoms with Gasteiger partial charge >= 0.3 is 0 Å². The van der Waals surface area contributed by atoms with Gasteiger partial charge in [0.15, 0.2) is 5.17 Å². The second kappa shape index (κ2) is 5.13. The van der Waals surface area contributed by atoms with Gasteiger partial charge in [0.05, 0.1) is 12.1 Å². The largest absolute Gasteiger partial charge is 0.301 e. The van der Waals surface area contributed by atoms with Gasteiger partial charge < -0.3 is 5.32 Å². The van der Waals surface area contributed by atoms with E-state index in [9.17, 15) is 9.18 Å². The van der Waals surface area contributed by atoms with Crippen LogP contribution in [-0.2, 0) is 0 Å². The van der Waals surface area contributed by atoms with Crippen LogP contribution >= 0.6 is 34.4 Å². The second-order valence-corrected chi connectivity index (χ2v) is 5.36. The van der Waals surface area contributed by atoms with E-state index < -0.39 is 5.82 Å². The molecule has 0 aromatic heterocycles. The van der Waals surface area contributed by atoms with Crippen molar-refractivity contribution in [3.8, 4) is 0 Å². The van der Waals surface area contributed by atoms with Crippen LogP contribution in [0.25, 0.3) is 0 Å². The molecule has 16 heavy (non-hydrogen) atoms. The highest BCUT2D eigenvalue weighted by molar-refractivity contribution is 14.1. The lowest BCUT2D eigenvalue weighted by atomic mass is 10.2. The first-order valence-electron chi connectivity index (χ1n) is 4.60. The van der Waals surface area contributed by atoms with Crippen LogP contribution in [0, 0.1) is 9.39 Å². The Kier molecular flexibility index (Phi) is 3.80. The second-order valence-electron chi connectivity index (χ2n) is 3.11. The van der Waals surface area contributed by atoms with E-state index in [2.05, 4.69) is 10.3 Å². The summed E-state index contributed by atoms with van der Waals surface area (Å²) in [6, 6.07) is 4.14. The minimum atomic E-state index is -0.411. The van der Waals surface area contributed by atoms with E-state index in [0.717, 1.165) is 15.9 Å². The highest BCUT2D eigenvalue weighted by Gasteiger charge is 2.15. The first-order chi connectivity index (χ1) is 7.66. The molecule has 6 heteroatoms. The summed E-state index contributed by atoms with van der Waals surface area (Å²) < 4.78 is 13.7. The summed E-state index contributed by atoms with van der Waals surface area (Å²) >= 11 is 3.50. The van der Waals surface area contributed by atoms with Crippen molar-refractivity contribution in [3.05, 3.63) is 33.1 Å². The molecule has 1 N–H and O–H groups in total. The fraction of sp³-hybridized carbons (Fsp3) is 0.200. The van der Waals surface area contributed by atoms with Crippen LogP contribution in [-0.4, -0.2) is 23.4 Å². The molecule has 2 rings (SSSR count). The zero-order valence-corrected chi connectivity index (χ0v) is 11.1. The van der Waals surface area contributed by atoms with Crippen LogP contribution in [0.1, 0.15) is 10.4 Å². The fourth-order valence-electron chi connectivity index (χ4n) is 1.25. The summed E-state index contributed by atoms with van der Waals surface area (Å²) in [5, 5.41) is 3.28. The molecule has 0 radical (unpaired) electrons. The van der Waals surface area contributed by atoms with Crippen molar-refractivity contribution in [2.45, 2.75) is 0 Å². The number of carbonyl (C=O) groups excluding carboxylic acids is 1. The summed E-state index contributed by atoms with van der Waals surface area (Å²) in [6.45, 7) is 0.723. The number of thioether (sulfide) groups is 1. The summed E-state index contributed by atoms with van der Waals surface area (Å²) in [5.74, 6) is 0.166. The number of amides is 1. The van der Waals surface area contributed by atoms with Crippen molar-refractivity contribution in [1.29, 1.82) is 0 Å². The smallest absolute Gasteiger partial charge is 0.258 e. The van der Waals surface area contributed by atoms with E-state index >= 15 is 0 Å². The SMILES string of the molecule is O=C(NC1=NCCS1)c1cc(F)ccc1I. The predicted octanol–water partition coefficient (Wildman–Crippen LogP) is 2.26. The van der Waals surface area contributed by atoms with Gasteiger partial charge in [0.25, 0.3) is 5.91 Å². The number of aliphatic imine (C=N–C) groups is 1. The third-order valence-electron chi connectivity index (χ3n) is 1.98. The molecule has 0 spiro atoms. The molecule has 0 unspecified atom stereocenters. The lowest BCUT2D eigenvalue weighted by molar-refractivity contribution is 0.0976. The Balaban J connectivity index is 2.16. The van der Waals surface area contributed by atoms with Gasteiger partial charge in [0.1, 0.15) is 5.82 Å². The van der Waals surface area contributed by atoms with E-state index in [-0.39, 0.29) is 5.91 Å². The first kappa shape index (κ1) is 11.8. The Labute approximate surface area is 110 Å². The number of nitrogens with zero attached hydrogens (tertiary/aromatic N) is 1. The summed E-state index contributed by atoms with van der Waals surface area (Å²) in [7, 11) is 0. The molecule has 0 saturated carbocycles. The molecule has 1 aliphatic rings. The molecule has 84 valence electrons. The maximum absolute atomic E-state index is 13.0. The van der Waals surface area contributed by atoms with Gasteiger partial charge in [-0.15, -0.1) is 0 Å². The van der Waals surface area contributed by atoms with Crippen molar-refractivity contribution in [3.63, 3.8) is 0 Å². The molecule has 3 nitrogen and oxygen atoms in total. The number of hydrogen-bond donors (Lipinski definition) is 1. The van der Waals surface area contributed by atoms with Crippen molar-refractivity contribution in [1.82, 2.24) is 5.32 Å². The summed E-state index contributed by atoms with van der Waals surface area (Å²) in [4.78, 5) is 15.9. The standard InChI is InChI=1S/C10H8FIN2OS/c11-6-1-2-8(12)7(5-6)9(15)14-10-13-3-4-16-10/h1-2,5H,3-4H2,(H,13,14,15). The summed E-state index contributed by atoms with van der Waals surface area (Å²) in [5.41, 5.74) is 0.343. The Morgan fingerprint density at radius 3 is 3.06 bits per heavy atom. The van der Waals surface area contributed by atoms with Gasteiger partial charge in [0.2, 0.25) is 0 Å². The normalized spacial score (nSPS) is 14.8. The summed E-state index contributed by atoms with van der Waals surface area (Å²) in [6.07, 6.45) is 0. The molecule has 0 bridgehead atoms. The quantitative estimate of drug-likeness (QED) is 0.790. The lowest BCUT2D eigenvalue weighted by Gasteiger charge is -2.05. The zero-order valence-electron chi connectivity index (χ0n) is 8.17. The molecule has 0 fully saturated rings. The molecule has 1 aromatic carbocycles. The third-order valence-corrected chi connectivity index (χ3v) is 3.81. The van der Waals surface area contributed by atoms with E-state index in [1.54, 1.807) is 6.07 Å². The van der Waals surface area contributed by atoms with Crippen LogP contribution in [0.3, 0.4) is 0 Å². The number of hydrogen-bond acceptors (Lipinski definition) is 3. The predicted molar refractivity (Wildman–Crippen MR) is 71.3 cm³/mol. The van der Waals surface area contributed by atoms with Gasteiger partial charge in [-0.05, 0) is 40.8 Å². The maximum Gasteiger partial charge on any atom is 0.258 e. The number of nitrogens with one attached hydrogen (secondary N) is 1. The van der Waals surface area contributed by atoms with Gasteiger partial charge in [-0.25, -0.2) is 4.39 Å². The average Bonchev–Trinajstić information content (AvgIpc) is 2.74. The van der Waals surface area contributed by atoms with E-state index in [1.807, 2.05) is 22.6 Å². The van der Waals surface area contributed by atoms with Crippen LogP contribution in [0.5, 0.6) is 0 Å². The van der Waals surface area contributed by atoms with Gasteiger partial charge in [-0.1, -0.05) is 11.8 Å². The van der Waals surface area contributed by atoms with Crippen LogP contribution in [0.4, 0.5) is 4.39 Å². The van der Waals surface area contributed by atoms with Crippen molar-refractivity contribution >= 4 is 45.4 Å². The van der Waals surface area contributed by atoms with Gasteiger partial charge in [0, 0.05) is 9.32 Å². The molecule has 1 heterocycles. The van der Waals surface area contributed by atoms with Crippen molar-refractivity contribution in [2.75, 3.05) is 12.3 Å². The third kappa shape index (κ3) is 2.73. The minimum Gasteiger partial charge on any atom is -0.301 e. The maximum atomic E-state index is 13.0. The van der Waals surface area contributed by atoms with Gasteiger partial charge in [-0.2, -0.15) is 0 Å². The number of amidine groups is 1. The van der Waals surface area contributed by atoms with Gasteiger partial charge in [-0.3, -0.25) is 9.79 Å². The molecule has 0 atom stereocenters. The minimum absolute atomic E-state index is 0.308. The highest BCUT2D eigenvalue weighted by Crippen LogP contribution is 2.15. The molecular weight excluding hydrogens is 342 g/mol. The molecule has 1 aromatic rings. The van der Waals surface area contributed by atoms with Crippen LogP contribution in [0.2, 0.25) is 0 Å². The number of halogens is 2. The lowest BCUT2D eigenvalue weighted by Crippen LogP contribution is -2.28. The first-order valence-corrected chi connectivity index (χ1v) is 6.67. The molecule has 1 aliphatic heterocycles. The number of carbonyl (C=O) groups is 1. The molecular formula is C10H8FIN2OS. The zero-order chi connectivity index (χ0) is 11.5. The number of benzene rings is 1. The molecule has 0 saturated heterocycles. The molecule has 0 aliphatic carbocycles. The Morgan fingerprint density at radius 2 is 2.38 bits per heavy atom. The Morgan fingerprint density at radius 1 is 1.56 bits per heavy atom. The Hall–Kier alpha value is -0.630.